The van der Waals surface area contributed by atoms with Crippen LogP contribution in [0.25, 0.3) is 0 Å². The second-order valence-corrected chi connectivity index (χ2v) is 8.05. The molecule has 2 nitrogen and oxygen atoms in total. The van der Waals surface area contributed by atoms with Crippen molar-refractivity contribution in [1.29, 1.82) is 0 Å². The molecule has 5 atom stereocenters. The standard InChI is InChI=1S/C16H26BrNO/c17-14-6-3-7-15(14)18-16(19)13-9-8-11-4-1-2-5-12(11)10-13/h11-15H,1-10H2,(H,18,19). The summed E-state index contributed by atoms with van der Waals surface area (Å²) in [5, 5.41) is 3.31. The largest absolute Gasteiger partial charge is 0.352 e. The molecule has 0 aliphatic heterocycles. The summed E-state index contributed by atoms with van der Waals surface area (Å²) >= 11 is 3.70. The Morgan fingerprint density at radius 2 is 1.68 bits per heavy atom. The van der Waals surface area contributed by atoms with Gasteiger partial charge in [-0.1, -0.05) is 48.0 Å². The second kappa shape index (κ2) is 6.15. The predicted molar refractivity (Wildman–Crippen MR) is 81.3 cm³/mol. The number of alkyl halides is 1. The first-order chi connectivity index (χ1) is 9.24. The summed E-state index contributed by atoms with van der Waals surface area (Å²) in [5.74, 6) is 2.44. The van der Waals surface area contributed by atoms with Gasteiger partial charge in [-0.2, -0.15) is 0 Å². The normalized spacial score (nSPS) is 42.7. The predicted octanol–water partition coefficient (Wildman–Crippen LogP) is 4.03. The minimum atomic E-state index is 0.305. The molecule has 3 aliphatic rings. The molecule has 3 aliphatic carbocycles. The molecule has 3 saturated carbocycles. The SMILES string of the molecule is O=C(NC1CCCC1Br)C1CCC2CCCCC2C1. The van der Waals surface area contributed by atoms with Gasteiger partial charge in [-0.05, 0) is 43.9 Å². The Bertz CT molecular complexity index is 333. The lowest BCUT2D eigenvalue weighted by Gasteiger charge is -2.39. The Morgan fingerprint density at radius 3 is 2.42 bits per heavy atom. The second-order valence-electron chi connectivity index (χ2n) is 6.88. The van der Waals surface area contributed by atoms with Crippen LogP contribution in [-0.4, -0.2) is 16.8 Å². The Labute approximate surface area is 125 Å². The van der Waals surface area contributed by atoms with Crippen molar-refractivity contribution >= 4 is 21.8 Å². The van der Waals surface area contributed by atoms with Crippen LogP contribution in [-0.2, 0) is 4.79 Å². The molecule has 0 spiro atoms. The maximum atomic E-state index is 12.4. The first kappa shape index (κ1) is 13.9. The summed E-state index contributed by atoms with van der Waals surface area (Å²) in [7, 11) is 0. The lowest BCUT2D eigenvalue weighted by atomic mass is 9.67. The van der Waals surface area contributed by atoms with Gasteiger partial charge in [-0.3, -0.25) is 4.79 Å². The van der Waals surface area contributed by atoms with Crippen molar-refractivity contribution in [3.05, 3.63) is 0 Å². The summed E-state index contributed by atoms with van der Waals surface area (Å²) in [6, 6.07) is 0.386. The van der Waals surface area contributed by atoms with E-state index in [4.69, 9.17) is 0 Å². The molecule has 0 radical (unpaired) electrons. The van der Waals surface area contributed by atoms with Crippen LogP contribution in [0.1, 0.15) is 64.2 Å². The molecule has 3 fully saturated rings. The Balaban J connectivity index is 1.52. The first-order valence-electron chi connectivity index (χ1n) is 8.18. The van der Waals surface area contributed by atoms with E-state index >= 15 is 0 Å². The van der Waals surface area contributed by atoms with Crippen LogP contribution in [0.4, 0.5) is 0 Å². The molecule has 5 unspecified atom stereocenters. The lowest BCUT2D eigenvalue weighted by Crippen LogP contribution is -2.43. The number of hydrogen-bond donors (Lipinski definition) is 1. The van der Waals surface area contributed by atoms with Gasteiger partial charge in [0.15, 0.2) is 0 Å². The van der Waals surface area contributed by atoms with Crippen LogP contribution in [0.3, 0.4) is 0 Å². The van der Waals surface area contributed by atoms with Gasteiger partial charge in [0.1, 0.15) is 0 Å². The number of fused-ring (bicyclic) bond motifs is 1. The monoisotopic (exact) mass is 327 g/mol. The van der Waals surface area contributed by atoms with E-state index in [0.29, 0.717) is 22.7 Å². The number of amides is 1. The van der Waals surface area contributed by atoms with Crippen molar-refractivity contribution < 1.29 is 4.79 Å². The molecule has 19 heavy (non-hydrogen) atoms. The van der Waals surface area contributed by atoms with Gasteiger partial charge in [0.2, 0.25) is 5.91 Å². The number of carbonyl (C=O) groups is 1. The van der Waals surface area contributed by atoms with Gasteiger partial charge in [0, 0.05) is 16.8 Å². The van der Waals surface area contributed by atoms with E-state index in [1.807, 2.05) is 0 Å². The Morgan fingerprint density at radius 1 is 0.895 bits per heavy atom. The molecule has 1 N–H and O–H groups in total. The van der Waals surface area contributed by atoms with E-state index < -0.39 is 0 Å². The molecule has 3 heteroatoms. The van der Waals surface area contributed by atoms with Gasteiger partial charge in [-0.15, -0.1) is 0 Å². The Kier molecular flexibility index (Phi) is 4.51. The molecule has 0 heterocycles. The zero-order valence-corrected chi connectivity index (χ0v) is 13.3. The van der Waals surface area contributed by atoms with Crippen LogP contribution in [0.15, 0.2) is 0 Å². The molecule has 0 aromatic rings. The van der Waals surface area contributed by atoms with E-state index in [0.717, 1.165) is 31.1 Å². The number of nitrogens with one attached hydrogen (secondary N) is 1. The zero-order valence-electron chi connectivity index (χ0n) is 11.7. The first-order valence-corrected chi connectivity index (χ1v) is 9.10. The summed E-state index contributed by atoms with van der Waals surface area (Å²) in [5.41, 5.74) is 0. The molecular weight excluding hydrogens is 302 g/mol. The quantitative estimate of drug-likeness (QED) is 0.762. The molecule has 1 amide bonds. The smallest absolute Gasteiger partial charge is 0.223 e. The van der Waals surface area contributed by atoms with Crippen molar-refractivity contribution in [2.45, 2.75) is 75.1 Å². The summed E-state index contributed by atoms with van der Waals surface area (Å²) in [6.45, 7) is 0. The van der Waals surface area contributed by atoms with Crippen LogP contribution in [0.5, 0.6) is 0 Å². The maximum Gasteiger partial charge on any atom is 0.223 e. The highest BCUT2D eigenvalue weighted by Gasteiger charge is 2.36. The number of carbonyl (C=O) groups excluding carboxylic acids is 1. The van der Waals surface area contributed by atoms with Crippen LogP contribution >= 0.6 is 15.9 Å². The number of halogens is 1. The fraction of sp³-hybridized carbons (Fsp3) is 0.938. The van der Waals surface area contributed by atoms with Crippen molar-refractivity contribution in [2.75, 3.05) is 0 Å². The van der Waals surface area contributed by atoms with Crippen LogP contribution < -0.4 is 5.32 Å². The van der Waals surface area contributed by atoms with E-state index in [2.05, 4.69) is 21.2 Å². The molecular formula is C16H26BrNO. The van der Waals surface area contributed by atoms with Gasteiger partial charge in [0.05, 0.1) is 0 Å². The van der Waals surface area contributed by atoms with Crippen molar-refractivity contribution in [3.8, 4) is 0 Å². The van der Waals surface area contributed by atoms with E-state index in [1.54, 1.807) is 0 Å². The molecule has 0 bridgehead atoms. The number of rotatable bonds is 2. The van der Waals surface area contributed by atoms with E-state index in [-0.39, 0.29) is 0 Å². The van der Waals surface area contributed by atoms with Crippen molar-refractivity contribution in [1.82, 2.24) is 5.32 Å². The fourth-order valence-electron chi connectivity index (χ4n) is 4.49. The lowest BCUT2D eigenvalue weighted by molar-refractivity contribution is -0.127. The topological polar surface area (TPSA) is 29.1 Å². The molecule has 0 aromatic heterocycles. The van der Waals surface area contributed by atoms with E-state index in [9.17, 15) is 4.79 Å². The van der Waals surface area contributed by atoms with Crippen LogP contribution in [0.2, 0.25) is 0 Å². The van der Waals surface area contributed by atoms with E-state index in [1.165, 1.54) is 44.9 Å². The van der Waals surface area contributed by atoms with Gasteiger partial charge >= 0.3 is 0 Å². The molecule has 0 aromatic carbocycles. The highest BCUT2D eigenvalue weighted by molar-refractivity contribution is 9.09. The summed E-state index contributed by atoms with van der Waals surface area (Å²) in [6.07, 6.45) is 12.8. The summed E-state index contributed by atoms with van der Waals surface area (Å²) < 4.78 is 0. The average Bonchev–Trinajstić information content (AvgIpc) is 2.84. The average molecular weight is 328 g/mol. The zero-order chi connectivity index (χ0) is 13.2. The summed E-state index contributed by atoms with van der Waals surface area (Å²) in [4.78, 5) is 12.9. The minimum Gasteiger partial charge on any atom is -0.352 e. The molecule has 108 valence electrons. The van der Waals surface area contributed by atoms with Crippen LogP contribution in [0, 0.1) is 17.8 Å². The third-order valence-corrected chi connectivity index (χ3v) is 6.77. The minimum absolute atomic E-state index is 0.305. The highest BCUT2D eigenvalue weighted by atomic mass is 79.9. The van der Waals surface area contributed by atoms with Crippen molar-refractivity contribution in [3.63, 3.8) is 0 Å². The van der Waals surface area contributed by atoms with Gasteiger partial charge < -0.3 is 5.32 Å². The van der Waals surface area contributed by atoms with Gasteiger partial charge in [0.25, 0.3) is 0 Å². The third-order valence-electron chi connectivity index (χ3n) is 5.67. The molecule has 0 saturated heterocycles. The van der Waals surface area contributed by atoms with Crippen molar-refractivity contribution in [2.24, 2.45) is 17.8 Å². The number of hydrogen-bond acceptors (Lipinski definition) is 1. The third kappa shape index (κ3) is 3.17. The fourth-order valence-corrected chi connectivity index (χ4v) is 5.21. The maximum absolute atomic E-state index is 12.4. The molecule has 3 rings (SSSR count). The van der Waals surface area contributed by atoms with Gasteiger partial charge in [-0.25, -0.2) is 0 Å². The highest BCUT2D eigenvalue weighted by Crippen LogP contribution is 2.42. The Hall–Kier alpha value is -0.0500.